The van der Waals surface area contributed by atoms with Crippen molar-refractivity contribution in [2.45, 2.75) is 71.4 Å². The van der Waals surface area contributed by atoms with Gasteiger partial charge in [-0.1, -0.05) is 38.1 Å². The first-order valence-corrected chi connectivity index (χ1v) is 17.5. The van der Waals surface area contributed by atoms with E-state index in [2.05, 4.69) is 77.0 Å². The van der Waals surface area contributed by atoms with Crippen LogP contribution in [0.5, 0.6) is 5.75 Å². The number of carbonyl (C=O) groups excluding carboxylic acids is 1. The number of aryl methyl sites for hydroxylation is 1. The van der Waals surface area contributed by atoms with E-state index in [4.69, 9.17) is 9.26 Å². The highest BCUT2D eigenvalue weighted by Gasteiger charge is 2.25. The average molecular weight is 663 g/mol. The van der Waals surface area contributed by atoms with Crippen LogP contribution in [-0.4, -0.2) is 74.7 Å². The number of amides is 1. The number of ether oxygens (including phenoxy) is 1. The minimum Gasteiger partial charge on any atom is -0.490 e. The molecular weight excluding hydrogens is 616 g/mol. The van der Waals surface area contributed by atoms with E-state index in [1.807, 2.05) is 39.8 Å². The van der Waals surface area contributed by atoms with Gasteiger partial charge in [-0.3, -0.25) is 4.79 Å². The molecule has 0 atom stereocenters. The van der Waals surface area contributed by atoms with Crippen molar-refractivity contribution >= 4 is 16.9 Å². The zero-order chi connectivity index (χ0) is 34.0. The van der Waals surface area contributed by atoms with Crippen LogP contribution < -0.4 is 15.4 Å². The molecule has 0 unspecified atom stereocenters. The summed E-state index contributed by atoms with van der Waals surface area (Å²) in [5, 5.41) is 11.3. The fourth-order valence-electron chi connectivity index (χ4n) is 6.78. The summed E-state index contributed by atoms with van der Waals surface area (Å²) in [6, 6.07) is 16.6. The molecule has 3 N–H and O–H groups in total. The predicted octanol–water partition coefficient (Wildman–Crippen LogP) is 6.05. The molecule has 0 saturated carbocycles. The van der Waals surface area contributed by atoms with E-state index in [1.54, 1.807) is 6.33 Å². The minimum absolute atomic E-state index is 0.0353. The number of hydrogen-bond donors (Lipinski definition) is 3. The Balaban J connectivity index is 0.976. The molecule has 7 rings (SSSR count). The van der Waals surface area contributed by atoms with E-state index in [-0.39, 0.29) is 17.4 Å². The topological polar surface area (TPSA) is 134 Å². The normalized spacial score (nSPS) is 16.7. The maximum absolute atomic E-state index is 12.7. The summed E-state index contributed by atoms with van der Waals surface area (Å²) in [5.74, 6) is 1.81. The van der Waals surface area contributed by atoms with E-state index in [1.165, 1.54) is 19.4 Å². The van der Waals surface area contributed by atoms with Gasteiger partial charge in [0.2, 0.25) is 0 Å². The summed E-state index contributed by atoms with van der Waals surface area (Å²) in [7, 11) is 0. The second kappa shape index (κ2) is 14.1. The van der Waals surface area contributed by atoms with Crippen LogP contribution in [0.25, 0.3) is 33.5 Å². The lowest BCUT2D eigenvalue weighted by atomic mass is 9.96. The van der Waals surface area contributed by atoms with Gasteiger partial charge in [-0.05, 0) is 105 Å². The quantitative estimate of drug-likeness (QED) is 0.172. The van der Waals surface area contributed by atoms with E-state index in [9.17, 15) is 4.79 Å². The number of fused-ring (bicyclic) bond motifs is 1. The van der Waals surface area contributed by atoms with Gasteiger partial charge in [0.15, 0.2) is 5.82 Å². The average Bonchev–Trinajstić information content (AvgIpc) is 3.78. The van der Waals surface area contributed by atoms with Crippen molar-refractivity contribution in [3.05, 3.63) is 77.7 Å². The second-order valence-electron chi connectivity index (χ2n) is 14.5. The number of nitrogens with one attached hydrogen (secondary N) is 3. The van der Waals surface area contributed by atoms with Crippen LogP contribution in [0.2, 0.25) is 0 Å². The third-order valence-corrected chi connectivity index (χ3v) is 9.75. The Morgan fingerprint density at radius 1 is 1.00 bits per heavy atom. The zero-order valence-corrected chi connectivity index (χ0v) is 28.9. The fraction of sp³-hybridized carbons (Fsp3) is 0.447. The Morgan fingerprint density at radius 3 is 2.47 bits per heavy atom. The standard InChI is InChI=1S/C38H46N8O3/c1-24-19-27(5-6-28(24)21-40-35(47)36-44-37(45-49-36)38(2,3)4)33-31-20-32(43-34(31)42-23-41-33)26-7-9-29(10-8-26)48-30-13-17-46(18-14-30)22-25-11-15-39-16-12-25/h5-10,19-20,23,25,30,39H,11-18,21-22H2,1-4H3,(H,40,47)(H,41,42,43). The first-order valence-electron chi connectivity index (χ1n) is 17.5. The molecule has 0 bridgehead atoms. The summed E-state index contributed by atoms with van der Waals surface area (Å²) < 4.78 is 11.6. The number of nitrogens with zero attached hydrogens (tertiary/aromatic N) is 5. The van der Waals surface area contributed by atoms with E-state index in [0.29, 0.717) is 12.4 Å². The molecule has 256 valence electrons. The largest absolute Gasteiger partial charge is 0.490 e. The molecule has 1 amide bonds. The van der Waals surface area contributed by atoms with Crippen LogP contribution in [0.1, 0.15) is 74.1 Å². The third-order valence-electron chi connectivity index (χ3n) is 9.75. The summed E-state index contributed by atoms with van der Waals surface area (Å²) >= 11 is 0. The van der Waals surface area contributed by atoms with Crippen molar-refractivity contribution in [3.8, 4) is 28.3 Å². The Labute approximate surface area is 287 Å². The molecule has 2 aromatic carbocycles. The van der Waals surface area contributed by atoms with Crippen molar-refractivity contribution in [1.82, 2.24) is 40.6 Å². The van der Waals surface area contributed by atoms with E-state index >= 15 is 0 Å². The maximum Gasteiger partial charge on any atom is 0.315 e. The highest BCUT2D eigenvalue weighted by atomic mass is 16.5. The van der Waals surface area contributed by atoms with Crippen molar-refractivity contribution in [1.29, 1.82) is 0 Å². The molecule has 2 aliphatic heterocycles. The van der Waals surface area contributed by atoms with E-state index < -0.39 is 5.91 Å². The molecular formula is C38H46N8O3. The van der Waals surface area contributed by atoms with Gasteiger partial charge in [0.05, 0.1) is 5.69 Å². The van der Waals surface area contributed by atoms with Crippen molar-refractivity contribution in [2.24, 2.45) is 5.92 Å². The van der Waals surface area contributed by atoms with Gasteiger partial charge < -0.3 is 29.8 Å². The number of rotatable bonds is 9. The Kier molecular flexibility index (Phi) is 9.46. The van der Waals surface area contributed by atoms with Crippen LogP contribution in [0, 0.1) is 12.8 Å². The van der Waals surface area contributed by atoms with Gasteiger partial charge in [-0.2, -0.15) is 4.98 Å². The van der Waals surface area contributed by atoms with Gasteiger partial charge in [0, 0.05) is 48.2 Å². The van der Waals surface area contributed by atoms with Crippen LogP contribution in [0.15, 0.2) is 59.4 Å². The molecule has 2 fully saturated rings. The number of benzene rings is 2. The van der Waals surface area contributed by atoms with Gasteiger partial charge in [0.1, 0.15) is 23.8 Å². The highest BCUT2D eigenvalue weighted by Crippen LogP contribution is 2.32. The number of aromatic amines is 1. The Morgan fingerprint density at radius 2 is 1.76 bits per heavy atom. The molecule has 0 aliphatic carbocycles. The number of H-pyrrole nitrogens is 1. The summed E-state index contributed by atoms with van der Waals surface area (Å²) in [6.45, 7) is 14.1. The predicted molar refractivity (Wildman–Crippen MR) is 189 cm³/mol. The summed E-state index contributed by atoms with van der Waals surface area (Å²) in [6.07, 6.45) is 6.59. The molecule has 5 aromatic rings. The van der Waals surface area contributed by atoms with Gasteiger partial charge in [-0.25, -0.2) is 9.97 Å². The Bertz CT molecular complexity index is 1890. The molecule has 0 spiro atoms. The highest BCUT2D eigenvalue weighted by molar-refractivity contribution is 5.94. The fourth-order valence-corrected chi connectivity index (χ4v) is 6.78. The molecule has 0 radical (unpaired) electrons. The number of aromatic nitrogens is 5. The molecule has 3 aromatic heterocycles. The monoisotopic (exact) mass is 662 g/mol. The number of likely N-dealkylation sites (tertiary alicyclic amines) is 1. The smallest absolute Gasteiger partial charge is 0.315 e. The lowest BCUT2D eigenvalue weighted by Gasteiger charge is -2.35. The molecule has 2 aliphatic rings. The first kappa shape index (κ1) is 32.9. The number of piperidine rings is 2. The van der Waals surface area contributed by atoms with Crippen LogP contribution in [-0.2, 0) is 12.0 Å². The van der Waals surface area contributed by atoms with Crippen LogP contribution in [0.3, 0.4) is 0 Å². The number of hydrogen-bond acceptors (Lipinski definition) is 9. The zero-order valence-electron chi connectivity index (χ0n) is 28.9. The molecule has 11 heteroatoms. The van der Waals surface area contributed by atoms with Crippen molar-refractivity contribution in [3.63, 3.8) is 0 Å². The Hall–Kier alpha value is -4.61. The van der Waals surface area contributed by atoms with Crippen LogP contribution >= 0.6 is 0 Å². The maximum atomic E-state index is 12.7. The third kappa shape index (κ3) is 7.68. The van der Waals surface area contributed by atoms with Crippen molar-refractivity contribution < 1.29 is 14.1 Å². The lowest BCUT2D eigenvalue weighted by Crippen LogP contribution is -2.42. The molecule has 5 heterocycles. The molecule has 11 nitrogen and oxygen atoms in total. The second-order valence-corrected chi connectivity index (χ2v) is 14.5. The SMILES string of the molecule is Cc1cc(-c2ncnc3[nH]c(-c4ccc(OC5CCN(CC6CCNCC6)CC5)cc4)cc23)ccc1CNC(=O)c1nc(C(C)(C)C)no1. The van der Waals surface area contributed by atoms with Gasteiger partial charge >= 0.3 is 11.8 Å². The molecule has 49 heavy (non-hydrogen) atoms. The summed E-state index contributed by atoms with van der Waals surface area (Å²) in [4.78, 5) is 32.2. The van der Waals surface area contributed by atoms with Gasteiger partial charge in [0.25, 0.3) is 0 Å². The van der Waals surface area contributed by atoms with Crippen molar-refractivity contribution in [2.75, 3.05) is 32.7 Å². The minimum atomic E-state index is -0.396. The lowest BCUT2D eigenvalue weighted by molar-refractivity contribution is 0.0873. The summed E-state index contributed by atoms with van der Waals surface area (Å²) in [5.41, 5.74) is 6.35. The molecule has 2 saturated heterocycles. The number of carbonyl (C=O) groups is 1. The first-order chi connectivity index (χ1) is 23.7. The van der Waals surface area contributed by atoms with Crippen LogP contribution in [0.4, 0.5) is 0 Å². The van der Waals surface area contributed by atoms with E-state index in [0.717, 1.165) is 95.4 Å². The van der Waals surface area contributed by atoms with Gasteiger partial charge in [-0.15, -0.1) is 0 Å².